The highest BCUT2D eigenvalue weighted by molar-refractivity contribution is 7.99. The van der Waals surface area contributed by atoms with Crippen LogP contribution in [0.4, 0.5) is 5.82 Å². The molecule has 0 saturated heterocycles. The fourth-order valence-electron chi connectivity index (χ4n) is 2.94. The van der Waals surface area contributed by atoms with Gasteiger partial charge in [-0.1, -0.05) is 6.07 Å². The SMILES string of the molecule is CNCc1ccc2nnc(Sc3ccc4nc(NC(=O)C5CC5)cn4n3)n2c1. The maximum atomic E-state index is 11.9. The molecule has 4 aromatic rings. The van der Waals surface area contributed by atoms with Crippen LogP contribution in [0.2, 0.25) is 0 Å². The zero-order valence-electron chi connectivity index (χ0n) is 15.2. The summed E-state index contributed by atoms with van der Waals surface area (Å²) < 4.78 is 3.62. The van der Waals surface area contributed by atoms with Gasteiger partial charge in [-0.05, 0) is 55.4 Å². The van der Waals surface area contributed by atoms with Crippen molar-refractivity contribution in [2.45, 2.75) is 29.6 Å². The van der Waals surface area contributed by atoms with Gasteiger partial charge in [-0.3, -0.25) is 9.20 Å². The van der Waals surface area contributed by atoms with E-state index < -0.39 is 0 Å². The molecule has 0 radical (unpaired) electrons. The van der Waals surface area contributed by atoms with Crippen molar-refractivity contribution in [3.05, 3.63) is 42.2 Å². The standard InChI is InChI=1S/C18H18N8OS/c1-19-8-11-2-5-15-22-23-18(25(15)9-11)28-16-7-6-14-20-13(10-26(14)24-16)21-17(27)12-3-4-12/h2,5-7,9-10,12,19H,3-4,8H2,1H3,(H,21,27). The molecule has 9 nitrogen and oxygen atoms in total. The number of carbonyl (C=O) groups is 1. The van der Waals surface area contributed by atoms with Gasteiger partial charge in [0, 0.05) is 18.7 Å². The van der Waals surface area contributed by atoms with Crippen LogP contribution in [-0.2, 0) is 11.3 Å². The third kappa shape index (κ3) is 3.32. The van der Waals surface area contributed by atoms with Gasteiger partial charge in [0.25, 0.3) is 0 Å². The Kier molecular flexibility index (Phi) is 4.21. The van der Waals surface area contributed by atoms with E-state index in [9.17, 15) is 4.79 Å². The molecule has 4 aromatic heterocycles. The van der Waals surface area contributed by atoms with Gasteiger partial charge >= 0.3 is 0 Å². The number of pyridine rings is 1. The molecule has 0 atom stereocenters. The molecule has 5 rings (SSSR count). The molecule has 0 aliphatic heterocycles. The van der Waals surface area contributed by atoms with Crippen molar-refractivity contribution in [1.29, 1.82) is 0 Å². The second kappa shape index (κ2) is 6.88. The van der Waals surface area contributed by atoms with Crippen LogP contribution in [0, 0.1) is 5.92 Å². The molecule has 28 heavy (non-hydrogen) atoms. The number of nitrogens with zero attached hydrogens (tertiary/aromatic N) is 6. The molecule has 2 N–H and O–H groups in total. The van der Waals surface area contributed by atoms with Crippen molar-refractivity contribution in [3.63, 3.8) is 0 Å². The monoisotopic (exact) mass is 394 g/mol. The van der Waals surface area contributed by atoms with E-state index in [1.807, 2.05) is 41.9 Å². The second-order valence-corrected chi connectivity index (χ2v) is 7.73. The third-order valence-corrected chi connectivity index (χ3v) is 5.39. The summed E-state index contributed by atoms with van der Waals surface area (Å²) in [6, 6.07) is 7.74. The number of nitrogens with one attached hydrogen (secondary N) is 2. The Morgan fingerprint density at radius 2 is 2.04 bits per heavy atom. The molecule has 1 saturated carbocycles. The average Bonchev–Trinajstić information content (AvgIpc) is 3.37. The van der Waals surface area contributed by atoms with Gasteiger partial charge in [-0.25, -0.2) is 9.50 Å². The summed E-state index contributed by atoms with van der Waals surface area (Å²) in [6.07, 6.45) is 5.67. The predicted molar refractivity (Wildman–Crippen MR) is 104 cm³/mol. The summed E-state index contributed by atoms with van der Waals surface area (Å²) in [5.41, 5.74) is 2.61. The van der Waals surface area contributed by atoms with E-state index in [4.69, 9.17) is 0 Å². The van der Waals surface area contributed by atoms with Crippen molar-refractivity contribution in [2.75, 3.05) is 12.4 Å². The minimum Gasteiger partial charge on any atom is -0.316 e. The molecule has 1 fully saturated rings. The zero-order chi connectivity index (χ0) is 19.1. The molecule has 1 aliphatic rings. The number of anilines is 1. The molecule has 1 amide bonds. The molecule has 0 bridgehead atoms. The lowest BCUT2D eigenvalue weighted by Gasteiger charge is -2.03. The lowest BCUT2D eigenvalue weighted by Crippen LogP contribution is -2.13. The Labute approximate surface area is 164 Å². The van der Waals surface area contributed by atoms with E-state index in [2.05, 4.69) is 30.9 Å². The molecule has 142 valence electrons. The fourth-order valence-corrected chi connectivity index (χ4v) is 3.72. The highest BCUT2D eigenvalue weighted by atomic mass is 32.2. The molecule has 10 heteroatoms. The summed E-state index contributed by atoms with van der Waals surface area (Å²) in [5, 5.41) is 20.6. The third-order valence-electron chi connectivity index (χ3n) is 4.50. The van der Waals surface area contributed by atoms with Gasteiger partial charge in [0.2, 0.25) is 11.1 Å². The van der Waals surface area contributed by atoms with E-state index in [0.29, 0.717) is 11.5 Å². The van der Waals surface area contributed by atoms with Crippen molar-refractivity contribution < 1.29 is 4.79 Å². The summed E-state index contributed by atoms with van der Waals surface area (Å²) in [4.78, 5) is 16.3. The molecular formula is C18H18N8OS. The quantitative estimate of drug-likeness (QED) is 0.516. The molecular weight excluding hydrogens is 376 g/mol. The maximum Gasteiger partial charge on any atom is 0.228 e. The molecule has 4 heterocycles. The van der Waals surface area contributed by atoms with Crippen molar-refractivity contribution >= 4 is 34.8 Å². The van der Waals surface area contributed by atoms with E-state index in [1.54, 1.807) is 10.7 Å². The number of rotatable bonds is 6. The van der Waals surface area contributed by atoms with Crippen LogP contribution in [0.25, 0.3) is 11.3 Å². The predicted octanol–water partition coefficient (Wildman–Crippen LogP) is 1.99. The van der Waals surface area contributed by atoms with Gasteiger partial charge in [-0.15, -0.1) is 10.2 Å². The number of fused-ring (bicyclic) bond motifs is 2. The number of carbonyl (C=O) groups excluding carboxylic acids is 1. The summed E-state index contributed by atoms with van der Waals surface area (Å²) in [6.45, 7) is 0.771. The lowest BCUT2D eigenvalue weighted by molar-refractivity contribution is -0.117. The van der Waals surface area contributed by atoms with Crippen molar-refractivity contribution in [1.82, 2.24) is 34.5 Å². The number of hydrogen-bond donors (Lipinski definition) is 2. The Bertz CT molecular complexity index is 1180. The first-order valence-corrected chi connectivity index (χ1v) is 9.85. The Morgan fingerprint density at radius 3 is 2.86 bits per heavy atom. The highest BCUT2D eigenvalue weighted by Gasteiger charge is 2.30. The van der Waals surface area contributed by atoms with Crippen LogP contribution in [0.1, 0.15) is 18.4 Å². The number of hydrogen-bond acceptors (Lipinski definition) is 7. The summed E-state index contributed by atoms with van der Waals surface area (Å²) >= 11 is 1.43. The van der Waals surface area contributed by atoms with Crippen LogP contribution in [-0.4, -0.2) is 42.2 Å². The van der Waals surface area contributed by atoms with Crippen LogP contribution in [0.3, 0.4) is 0 Å². The van der Waals surface area contributed by atoms with Crippen LogP contribution in [0.15, 0.2) is 46.8 Å². The normalized spacial score (nSPS) is 14.0. The smallest absolute Gasteiger partial charge is 0.228 e. The Balaban J connectivity index is 1.40. The molecule has 0 unspecified atom stereocenters. The van der Waals surface area contributed by atoms with Gasteiger partial charge in [0.15, 0.2) is 17.1 Å². The first-order chi connectivity index (χ1) is 13.7. The zero-order valence-corrected chi connectivity index (χ0v) is 16.0. The minimum absolute atomic E-state index is 0.0327. The first kappa shape index (κ1) is 17.1. The van der Waals surface area contributed by atoms with Gasteiger partial charge < -0.3 is 10.6 Å². The van der Waals surface area contributed by atoms with Gasteiger partial charge in [0.1, 0.15) is 5.03 Å². The topological polar surface area (TPSA) is 102 Å². The van der Waals surface area contributed by atoms with Gasteiger partial charge in [-0.2, -0.15) is 5.10 Å². The largest absolute Gasteiger partial charge is 0.316 e. The van der Waals surface area contributed by atoms with Crippen LogP contribution >= 0.6 is 11.8 Å². The minimum atomic E-state index is 0.0327. The molecule has 0 aromatic carbocycles. The Morgan fingerprint density at radius 1 is 1.18 bits per heavy atom. The van der Waals surface area contributed by atoms with Crippen molar-refractivity contribution in [2.24, 2.45) is 5.92 Å². The second-order valence-electron chi connectivity index (χ2n) is 6.74. The van der Waals surface area contributed by atoms with E-state index >= 15 is 0 Å². The van der Waals surface area contributed by atoms with E-state index in [-0.39, 0.29) is 11.8 Å². The lowest BCUT2D eigenvalue weighted by atomic mass is 10.3. The molecule has 1 aliphatic carbocycles. The summed E-state index contributed by atoms with van der Waals surface area (Å²) in [5.74, 6) is 0.694. The van der Waals surface area contributed by atoms with E-state index in [0.717, 1.165) is 40.8 Å². The van der Waals surface area contributed by atoms with Crippen LogP contribution < -0.4 is 10.6 Å². The average molecular weight is 394 g/mol. The highest BCUT2D eigenvalue weighted by Crippen LogP contribution is 2.30. The first-order valence-electron chi connectivity index (χ1n) is 9.03. The summed E-state index contributed by atoms with van der Waals surface area (Å²) in [7, 11) is 1.91. The fraction of sp³-hybridized carbons (Fsp3) is 0.278. The Hall–Kier alpha value is -2.98. The number of amides is 1. The van der Waals surface area contributed by atoms with E-state index in [1.165, 1.54) is 11.8 Å². The molecule has 0 spiro atoms. The van der Waals surface area contributed by atoms with Crippen LogP contribution in [0.5, 0.6) is 0 Å². The number of aromatic nitrogens is 6. The maximum absolute atomic E-state index is 11.9. The van der Waals surface area contributed by atoms with Gasteiger partial charge in [0.05, 0.1) is 6.20 Å². The van der Waals surface area contributed by atoms with Crippen molar-refractivity contribution in [3.8, 4) is 0 Å². The number of imidazole rings is 1.